The molecule has 0 N–H and O–H groups in total. The van der Waals surface area contributed by atoms with Crippen LogP contribution < -0.4 is 19.4 Å². The van der Waals surface area contributed by atoms with Gasteiger partial charge < -0.3 is 14.5 Å². The highest BCUT2D eigenvalue weighted by Crippen LogP contribution is 2.33. The van der Waals surface area contributed by atoms with Gasteiger partial charge >= 0.3 is 6.36 Å². The minimum atomic E-state index is -4.78. The fourth-order valence-corrected chi connectivity index (χ4v) is 4.66. The molecular formula is C27H26F3N7O3S. The van der Waals surface area contributed by atoms with Crippen molar-refractivity contribution in [3.05, 3.63) is 66.5 Å². The lowest BCUT2D eigenvalue weighted by molar-refractivity contribution is -0.274. The first-order valence-corrected chi connectivity index (χ1v) is 13.3. The van der Waals surface area contributed by atoms with E-state index >= 15 is 0 Å². The highest BCUT2D eigenvalue weighted by molar-refractivity contribution is 8.15. The molecule has 2 aromatic carbocycles. The maximum absolute atomic E-state index is 12.7. The number of alkyl halides is 3. The standard InChI is InChI=1S/C27H26F3N7O3S/c1-17(2)21-7-5-6-8-22(21)37-24(39)16-41-26(37)34-33-15-23(38)35(3)19-13-31-25(32-14-19)36(4)18-9-11-20(12-10-18)40-27(28,29)30/h5-15,17H,16H2,1-4H3/b33-15+,34-26+. The van der Waals surface area contributed by atoms with Gasteiger partial charge in [0.1, 0.15) is 12.0 Å². The van der Waals surface area contributed by atoms with Gasteiger partial charge in [-0.05, 0) is 41.8 Å². The van der Waals surface area contributed by atoms with Gasteiger partial charge in [0.15, 0.2) is 5.17 Å². The lowest BCUT2D eigenvalue weighted by Crippen LogP contribution is -2.30. The summed E-state index contributed by atoms with van der Waals surface area (Å²) in [6.45, 7) is 4.08. The second-order valence-electron chi connectivity index (χ2n) is 9.10. The largest absolute Gasteiger partial charge is 0.573 e. The lowest BCUT2D eigenvalue weighted by Gasteiger charge is -2.21. The smallest absolute Gasteiger partial charge is 0.406 e. The van der Waals surface area contributed by atoms with Gasteiger partial charge in [0, 0.05) is 19.8 Å². The number of rotatable bonds is 8. The number of para-hydroxylation sites is 1. The Bertz CT molecular complexity index is 1460. The Kier molecular flexibility index (Phi) is 8.91. The molecule has 1 aliphatic heterocycles. The molecule has 1 saturated heterocycles. The molecule has 0 bridgehead atoms. The van der Waals surface area contributed by atoms with Crippen molar-refractivity contribution in [1.82, 2.24) is 9.97 Å². The van der Waals surface area contributed by atoms with Crippen LogP contribution in [0.15, 0.2) is 71.1 Å². The molecule has 2 amide bonds. The van der Waals surface area contributed by atoms with Crippen LogP contribution in [-0.4, -0.2) is 59.4 Å². The Balaban J connectivity index is 1.42. The fourth-order valence-electron chi connectivity index (χ4n) is 3.84. The molecule has 1 aliphatic rings. The molecule has 0 aliphatic carbocycles. The normalized spacial score (nSPS) is 14.8. The van der Waals surface area contributed by atoms with E-state index < -0.39 is 12.3 Å². The molecule has 214 valence electrons. The van der Waals surface area contributed by atoms with E-state index in [1.807, 2.05) is 38.1 Å². The van der Waals surface area contributed by atoms with Crippen molar-refractivity contribution in [2.45, 2.75) is 26.1 Å². The Morgan fingerprint density at radius 3 is 2.37 bits per heavy atom. The molecule has 2 heterocycles. The first-order chi connectivity index (χ1) is 19.4. The summed E-state index contributed by atoms with van der Waals surface area (Å²) in [5.41, 5.74) is 2.63. The van der Waals surface area contributed by atoms with Crippen LogP contribution in [0.25, 0.3) is 0 Å². The van der Waals surface area contributed by atoms with Crippen LogP contribution in [0.4, 0.5) is 36.2 Å². The summed E-state index contributed by atoms with van der Waals surface area (Å²) in [5, 5.41) is 8.45. The highest BCUT2D eigenvalue weighted by Gasteiger charge is 2.32. The molecular weight excluding hydrogens is 559 g/mol. The first kappa shape index (κ1) is 29.5. The van der Waals surface area contributed by atoms with E-state index in [0.717, 1.165) is 17.5 Å². The van der Waals surface area contributed by atoms with Crippen molar-refractivity contribution in [2.24, 2.45) is 10.2 Å². The Hall–Kier alpha value is -4.46. The van der Waals surface area contributed by atoms with Crippen LogP contribution in [0.2, 0.25) is 0 Å². The summed E-state index contributed by atoms with van der Waals surface area (Å²) in [7, 11) is 3.16. The molecule has 0 spiro atoms. The molecule has 14 heteroatoms. The van der Waals surface area contributed by atoms with Crippen molar-refractivity contribution in [3.8, 4) is 5.75 Å². The first-order valence-electron chi connectivity index (χ1n) is 12.3. The Morgan fingerprint density at radius 2 is 1.73 bits per heavy atom. The molecule has 1 fully saturated rings. The topological polar surface area (TPSA) is 104 Å². The van der Waals surface area contributed by atoms with E-state index in [9.17, 15) is 22.8 Å². The predicted molar refractivity (Wildman–Crippen MR) is 153 cm³/mol. The minimum Gasteiger partial charge on any atom is -0.406 e. The molecule has 0 unspecified atom stereocenters. The number of carbonyl (C=O) groups is 2. The molecule has 0 radical (unpaired) electrons. The third-order valence-corrected chi connectivity index (χ3v) is 6.89. The number of anilines is 4. The number of hydrogen-bond donors (Lipinski definition) is 0. The van der Waals surface area contributed by atoms with Crippen molar-refractivity contribution < 1.29 is 27.5 Å². The molecule has 1 aromatic heterocycles. The molecule has 4 rings (SSSR count). The zero-order valence-corrected chi connectivity index (χ0v) is 23.3. The van der Waals surface area contributed by atoms with E-state index in [2.05, 4.69) is 24.9 Å². The average molecular weight is 586 g/mol. The third-order valence-electron chi connectivity index (χ3n) is 5.98. The maximum Gasteiger partial charge on any atom is 0.573 e. The van der Waals surface area contributed by atoms with E-state index in [1.54, 1.807) is 11.9 Å². The van der Waals surface area contributed by atoms with Gasteiger partial charge in [-0.3, -0.25) is 14.5 Å². The van der Waals surface area contributed by atoms with Crippen molar-refractivity contribution in [3.63, 3.8) is 0 Å². The number of benzene rings is 2. The maximum atomic E-state index is 12.7. The number of carbonyl (C=O) groups excluding carboxylic acids is 2. The van der Waals surface area contributed by atoms with Crippen LogP contribution in [0, 0.1) is 0 Å². The van der Waals surface area contributed by atoms with E-state index in [1.165, 1.54) is 65.3 Å². The Labute approximate surface area is 238 Å². The molecule has 41 heavy (non-hydrogen) atoms. The second-order valence-corrected chi connectivity index (χ2v) is 10.0. The predicted octanol–water partition coefficient (Wildman–Crippen LogP) is 5.35. The number of halogens is 3. The summed E-state index contributed by atoms with van der Waals surface area (Å²) in [5.74, 6) is -0.293. The molecule has 0 saturated carbocycles. The zero-order chi connectivity index (χ0) is 29.7. The van der Waals surface area contributed by atoms with E-state index in [-0.39, 0.29) is 29.3 Å². The van der Waals surface area contributed by atoms with Crippen molar-refractivity contribution in [1.29, 1.82) is 0 Å². The van der Waals surface area contributed by atoms with Crippen LogP contribution in [0.3, 0.4) is 0 Å². The van der Waals surface area contributed by atoms with Crippen LogP contribution in [0.5, 0.6) is 5.75 Å². The van der Waals surface area contributed by atoms with Gasteiger partial charge in [-0.2, -0.15) is 5.10 Å². The molecule has 3 aromatic rings. The van der Waals surface area contributed by atoms with E-state index in [0.29, 0.717) is 16.5 Å². The van der Waals surface area contributed by atoms with Gasteiger partial charge in [0.05, 0.1) is 29.5 Å². The summed E-state index contributed by atoms with van der Waals surface area (Å²) < 4.78 is 41.0. The number of nitrogens with zero attached hydrogens (tertiary/aromatic N) is 7. The van der Waals surface area contributed by atoms with Gasteiger partial charge in [0.2, 0.25) is 11.9 Å². The highest BCUT2D eigenvalue weighted by atomic mass is 32.2. The number of hydrogen-bond acceptors (Lipinski definition) is 9. The monoisotopic (exact) mass is 585 g/mol. The number of ether oxygens (including phenoxy) is 1. The summed E-state index contributed by atoms with van der Waals surface area (Å²) >= 11 is 1.24. The average Bonchev–Trinajstić information content (AvgIpc) is 3.31. The van der Waals surface area contributed by atoms with Gasteiger partial charge in [-0.25, -0.2) is 9.97 Å². The minimum absolute atomic E-state index is 0.117. The zero-order valence-electron chi connectivity index (χ0n) is 22.5. The summed E-state index contributed by atoms with van der Waals surface area (Å²) in [4.78, 5) is 38.2. The number of amidine groups is 1. The number of thioether (sulfide) groups is 1. The number of aromatic nitrogens is 2. The molecule has 0 atom stereocenters. The third kappa shape index (κ3) is 7.20. The lowest BCUT2D eigenvalue weighted by atomic mass is 10.0. The van der Waals surface area contributed by atoms with Crippen LogP contribution in [-0.2, 0) is 9.59 Å². The number of amides is 2. The quantitative estimate of drug-likeness (QED) is 0.259. The van der Waals surface area contributed by atoms with Crippen molar-refractivity contribution >= 4 is 58.0 Å². The van der Waals surface area contributed by atoms with Gasteiger partial charge in [-0.15, -0.1) is 18.3 Å². The van der Waals surface area contributed by atoms with Gasteiger partial charge in [0.25, 0.3) is 5.91 Å². The summed E-state index contributed by atoms with van der Waals surface area (Å²) in [6, 6.07) is 12.8. The van der Waals surface area contributed by atoms with Crippen molar-refractivity contribution in [2.75, 3.05) is 34.5 Å². The van der Waals surface area contributed by atoms with Crippen LogP contribution >= 0.6 is 11.8 Å². The summed E-state index contributed by atoms with van der Waals surface area (Å²) in [6.07, 6.45) is -0.892. The van der Waals surface area contributed by atoms with Gasteiger partial charge in [-0.1, -0.05) is 43.8 Å². The Morgan fingerprint density at radius 1 is 1.07 bits per heavy atom. The van der Waals surface area contributed by atoms with E-state index in [4.69, 9.17) is 0 Å². The molecule has 10 nitrogen and oxygen atoms in total. The SMILES string of the molecule is CC(C)c1ccccc1N1C(=O)CS/C1=N/N=C/C(=O)N(C)c1cnc(N(C)c2ccc(OC(F)(F)F)cc2)nc1. The van der Waals surface area contributed by atoms with Crippen LogP contribution in [0.1, 0.15) is 25.3 Å². The second kappa shape index (κ2) is 12.4. The fraction of sp³-hybridized carbons (Fsp3) is 0.259.